The highest BCUT2D eigenvalue weighted by molar-refractivity contribution is 6.11. The zero-order valence-corrected chi connectivity index (χ0v) is 17.7. The van der Waals surface area contributed by atoms with E-state index >= 15 is 0 Å². The maximum Gasteiger partial charge on any atom is 0.0867 e. The van der Waals surface area contributed by atoms with E-state index in [1.807, 2.05) is 24.5 Å². The summed E-state index contributed by atoms with van der Waals surface area (Å²) >= 11 is 0. The first-order chi connectivity index (χ1) is 15.8. The number of aryl methyl sites for hydroxylation is 2. The number of benzene rings is 2. The van der Waals surface area contributed by atoms with Crippen molar-refractivity contribution in [1.82, 2.24) is 19.1 Å². The summed E-state index contributed by atoms with van der Waals surface area (Å²) in [7, 11) is 0. The quantitative estimate of drug-likeness (QED) is 0.315. The van der Waals surface area contributed by atoms with E-state index < -0.39 is 0 Å². The van der Waals surface area contributed by atoms with Crippen molar-refractivity contribution in [1.29, 1.82) is 0 Å². The van der Waals surface area contributed by atoms with Gasteiger partial charge in [-0.15, -0.1) is 0 Å². The second-order valence-corrected chi connectivity index (χ2v) is 7.93. The molecule has 4 aromatic heterocycles. The molecule has 2 aromatic carbocycles. The van der Waals surface area contributed by atoms with Gasteiger partial charge in [0.05, 0.1) is 22.4 Å². The zero-order valence-electron chi connectivity index (χ0n) is 17.7. The standard InChI is InChI=1S/C28H22N4/c1-3-23-27-21(13-15-29-23)19-9-5-7-11-25(19)31(27)17-18-32-26-12-8-6-10-20(26)22-14-16-30-24(4-2)28(22)32/h3-16H,1-2,17-18H2. The van der Waals surface area contributed by atoms with Gasteiger partial charge in [0.15, 0.2) is 0 Å². The first-order valence-corrected chi connectivity index (χ1v) is 10.8. The lowest BCUT2D eigenvalue weighted by Crippen LogP contribution is -2.08. The van der Waals surface area contributed by atoms with E-state index in [0.29, 0.717) is 0 Å². The van der Waals surface area contributed by atoms with Crippen LogP contribution in [0.15, 0.2) is 86.2 Å². The molecule has 4 nitrogen and oxygen atoms in total. The van der Waals surface area contributed by atoms with E-state index in [1.54, 1.807) is 0 Å². The van der Waals surface area contributed by atoms with Crippen molar-refractivity contribution in [3.05, 3.63) is 97.6 Å². The molecule has 0 aliphatic rings. The van der Waals surface area contributed by atoms with Crippen LogP contribution in [0.2, 0.25) is 0 Å². The number of hydrogen-bond acceptors (Lipinski definition) is 2. The fraction of sp³-hybridized carbons (Fsp3) is 0.0714. The molecule has 0 saturated carbocycles. The van der Waals surface area contributed by atoms with Gasteiger partial charge in [-0.3, -0.25) is 9.97 Å². The van der Waals surface area contributed by atoms with Crippen LogP contribution in [0.25, 0.3) is 55.8 Å². The Morgan fingerprint density at radius 3 is 1.47 bits per heavy atom. The summed E-state index contributed by atoms with van der Waals surface area (Å²) in [6, 6.07) is 21.3. The number of fused-ring (bicyclic) bond motifs is 6. The first kappa shape index (κ1) is 18.6. The number of rotatable bonds is 5. The fourth-order valence-corrected chi connectivity index (χ4v) is 5.02. The van der Waals surface area contributed by atoms with Crippen molar-refractivity contribution >= 4 is 55.8 Å². The molecule has 4 heteroatoms. The Balaban J connectivity index is 1.59. The van der Waals surface area contributed by atoms with Gasteiger partial charge in [0.1, 0.15) is 0 Å². The van der Waals surface area contributed by atoms with Crippen LogP contribution in [0.5, 0.6) is 0 Å². The highest BCUT2D eigenvalue weighted by Crippen LogP contribution is 2.33. The SMILES string of the molecule is C=Cc1nccc2c3ccccc3n(CCn3c4ccccc4c4ccnc(C=C)c43)c12. The highest BCUT2D eigenvalue weighted by atomic mass is 15.1. The molecular weight excluding hydrogens is 392 g/mol. The van der Waals surface area contributed by atoms with Gasteiger partial charge in [0.25, 0.3) is 0 Å². The average Bonchev–Trinajstić information content (AvgIpc) is 3.35. The molecule has 0 unspecified atom stereocenters. The highest BCUT2D eigenvalue weighted by Gasteiger charge is 2.16. The molecule has 0 radical (unpaired) electrons. The fourth-order valence-electron chi connectivity index (χ4n) is 5.02. The molecular formula is C28H22N4. The predicted molar refractivity (Wildman–Crippen MR) is 135 cm³/mol. The lowest BCUT2D eigenvalue weighted by atomic mass is 10.1. The second-order valence-electron chi connectivity index (χ2n) is 7.93. The van der Waals surface area contributed by atoms with E-state index in [9.17, 15) is 0 Å². The number of para-hydroxylation sites is 2. The molecule has 6 rings (SSSR count). The zero-order chi connectivity index (χ0) is 21.7. The topological polar surface area (TPSA) is 35.6 Å². The largest absolute Gasteiger partial charge is 0.337 e. The summed E-state index contributed by atoms with van der Waals surface area (Å²) in [4.78, 5) is 9.17. The minimum absolute atomic E-state index is 0.801. The smallest absolute Gasteiger partial charge is 0.0867 e. The number of pyridine rings is 2. The summed E-state index contributed by atoms with van der Waals surface area (Å²) in [5, 5.41) is 4.90. The number of nitrogens with zero attached hydrogens (tertiary/aromatic N) is 4. The Morgan fingerprint density at radius 2 is 1.03 bits per heavy atom. The van der Waals surface area contributed by atoms with Crippen LogP contribution in [0.1, 0.15) is 11.4 Å². The van der Waals surface area contributed by atoms with Gasteiger partial charge in [-0.05, 0) is 36.4 Å². The minimum Gasteiger partial charge on any atom is -0.337 e. The van der Waals surface area contributed by atoms with Crippen LogP contribution in [0, 0.1) is 0 Å². The van der Waals surface area contributed by atoms with Crippen LogP contribution in [-0.2, 0) is 13.1 Å². The maximum absolute atomic E-state index is 4.58. The molecule has 0 saturated heterocycles. The third kappa shape index (κ3) is 2.56. The van der Waals surface area contributed by atoms with Crippen molar-refractivity contribution in [3.8, 4) is 0 Å². The van der Waals surface area contributed by atoms with Crippen molar-refractivity contribution in [2.45, 2.75) is 13.1 Å². The summed E-state index contributed by atoms with van der Waals surface area (Å²) in [5.41, 5.74) is 6.50. The molecule has 4 heterocycles. The summed E-state index contributed by atoms with van der Waals surface area (Å²) < 4.78 is 4.75. The normalized spacial score (nSPS) is 11.6. The molecule has 0 fully saturated rings. The lowest BCUT2D eigenvalue weighted by Gasteiger charge is -2.13. The Hall–Kier alpha value is -4.18. The van der Waals surface area contributed by atoms with Crippen LogP contribution in [0.3, 0.4) is 0 Å². The van der Waals surface area contributed by atoms with Crippen LogP contribution >= 0.6 is 0 Å². The third-order valence-electron chi connectivity index (χ3n) is 6.35. The molecule has 0 atom stereocenters. The Labute approximate surface area is 185 Å². The monoisotopic (exact) mass is 414 g/mol. The van der Waals surface area contributed by atoms with Crippen LogP contribution in [-0.4, -0.2) is 19.1 Å². The molecule has 0 bridgehead atoms. The molecule has 154 valence electrons. The lowest BCUT2D eigenvalue weighted by molar-refractivity contribution is 0.630. The molecule has 0 spiro atoms. The Morgan fingerprint density at radius 1 is 0.594 bits per heavy atom. The van der Waals surface area contributed by atoms with E-state index in [2.05, 4.69) is 92.9 Å². The molecule has 0 aliphatic carbocycles. The van der Waals surface area contributed by atoms with Crippen LogP contribution in [0.4, 0.5) is 0 Å². The van der Waals surface area contributed by atoms with Crippen LogP contribution < -0.4 is 0 Å². The van der Waals surface area contributed by atoms with Crippen molar-refractivity contribution in [3.63, 3.8) is 0 Å². The van der Waals surface area contributed by atoms with Gasteiger partial charge < -0.3 is 9.13 Å². The number of hydrogen-bond donors (Lipinski definition) is 0. The molecule has 0 N–H and O–H groups in total. The second kappa shape index (κ2) is 7.20. The Kier molecular flexibility index (Phi) is 4.18. The van der Waals surface area contributed by atoms with Crippen molar-refractivity contribution in [2.24, 2.45) is 0 Å². The number of aromatic nitrogens is 4. The summed E-state index contributed by atoms with van der Waals surface area (Å²) in [5.74, 6) is 0. The maximum atomic E-state index is 4.58. The first-order valence-electron chi connectivity index (χ1n) is 10.8. The third-order valence-corrected chi connectivity index (χ3v) is 6.35. The van der Waals surface area contributed by atoms with Gasteiger partial charge in [-0.1, -0.05) is 49.6 Å². The van der Waals surface area contributed by atoms with Crippen molar-refractivity contribution < 1.29 is 0 Å². The minimum atomic E-state index is 0.801. The van der Waals surface area contributed by atoms with Gasteiger partial charge in [-0.25, -0.2) is 0 Å². The van der Waals surface area contributed by atoms with E-state index in [4.69, 9.17) is 0 Å². The summed E-state index contributed by atoms with van der Waals surface area (Å²) in [6.45, 7) is 9.62. The molecule has 0 amide bonds. The van der Waals surface area contributed by atoms with Gasteiger partial charge >= 0.3 is 0 Å². The van der Waals surface area contributed by atoms with E-state index in [1.165, 1.54) is 32.6 Å². The molecule has 0 aliphatic heterocycles. The Bertz CT molecular complexity index is 1540. The molecule has 32 heavy (non-hydrogen) atoms. The average molecular weight is 415 g/mol. The van der Waals surface area contributed by atoms with Gasteiger partial charge in [0.2, 0.25) is 0 Å². The van der Waals surface area contributed by atoms with E-state index in [0.717, 1.165) is 35.5 Å². The van der Waals surface area contributed by atoms with Crippen molar-refractivity contribution in [2.75, 3.05) is 0 Å². The van der Waals surface area contributed by atoms with Gasteiger partial charge in [-0.2, -0.15) is 0 Å². The van der Waals surface area contributed by atoms with Gasteiger partial charge in [0, 0.05) is 58.1 Å². The van der Waals surface area contributed by atoms with E-state index in [-0.39, 0.29) is 0 Å². The predicted octanol–water partition coefficient (Wildman–Crippen LogP) is 6.68. The molecule has 6 aromatic rings. The summed E-state index contributed by atoms with van der Waals surface area (Å²) in [6.07, 6.45) is 7.42.